The normalized spacial score (nSPS) is 9.88. The minimum atomic E-state index is 0.283. The molecule has 0 saturated heterocycles. The summed E-state index contributed by atoms with van der Waals surface area (Å²) in [7, 11) is 1.70. The maximum atomic E-state index is 8.54. The van der Waals surface area contributed by atoms with Gasteiger partial charge in [0.05, 0.1) is 19.5 Å². The predicted molar refractivity (Wildman–Crippen MR) is 58.9 cm³/mol. The molecule has 1 aromatic heterocycles. The number of aromatic nitrogens is 4. The minimum absolute atomic E-state index is 0.283. The number of hydrogen-bond acceptors (Lipinski definition) is 5. The van der Waals surface area contributed by atoms with Crippen LogP contribution in [-0.4, -0.2) is 20.2 Å². The fourth-order valence-electron chi connectivity index (χ4n) is 1.32. The number of nitrogens with zero attached hydrogens (tertiary/aromatic N) is 5. The first-order chi connectivity index (χ1) is 8.28. The first-order valence-corrected chi connectivity index (χ1v) is 5.09. The number of aryl methyl sites for hydroxylation is 1. The summed E-state index contributed by atoms with van der Waals surface area (Å²) in [6.45, 7) is 0.283. The van der Waals surface area contributed by atoms with Gasteiger partial charge in [-0.1, -0.05) is 12.1 Å². The van der Waals surface area contributed by atoms with Gasteiger partial charge < -0.3 is 4.74 Å². The second kappa shape index (κ2) is 5.07. The summed E-state index contributed by atoms with van der Waals surface area (Å²) < 4.78 is 5.48. The molecule has 0 unspecified atom stereocenters. The standard InChI is InChI=1S/C11H11N5O/c1-16-14-11(13-15-16)8-17-10-4-2-9(3-5-10)6-7-12/h2-5H,6,8H2,1H3. The van der Waals surface area contributed by atoms with Crippen LogP contribution in [0.4, 0.5) is 0 Å². The van der Waals surface area contributed by atoms with E-state index in [4.69, 9.17) is 10.00 Å². The fraction of sp³-hybridized carbons (Fsp3) is 0.273. The SMILES string of the molecule is Cn1nnc(COc2ccc(CC#N)cc2)n1. The summed E-state index contributed by atoms with van der Waals surface area (Å²) in [5.41, 5.74) is 0.970. The zero-order valence-electron chi connectivity index (χ0n) is 9.37. The van der Waals surface area contributed by atoms with Crippen LogP contribution in [0.5, 0.6) is 5.75 Å². The van der Waals surface area contributed by atoms with Gasteiger partial charge in [-0.25, -0.2) is 0 Å². The Kier molecular flexibility index (Phi) is 3.31. The van der Waals surface area contributed by atoms with Crippen molar-refractivity contribution >= 4 is 0 Å². The van der Waals surface area contributed by atoms with Crippen LogP contribution in [0.2, 0.25) is 0 Å². The molecule has 6 heteroatoms. The Hall–Kier alpha value is -2.42. The van der Waals surface area contributed by atoms with Crippen LogP contribution < -0.4 is 4.74 Å². The summed E-state index contributed by atoms with van der Waals surface area (Å²) in [4.78, 5) is 1.38. The maximum absolute atomic E-state index is 8.54. The highest BCUT2D eigenvalue weighted by Gasteiger charge is 2.01. The van der Waals surface area contributed by atoms with Crippen molar-refractivity contribution < 1.29 is 4.74 Å². The highest BCUT2D eigenvalue weighted by molar-refractivity contribution is 5.28. The van der Waals surface area contributed by atoms with Crippen molar-refractivity contribution in [3.05, 3.63) is 35.7 Å². The zero-order valence-corrected chi connectivity index (χ0v) is 9.37. The van der Waals surface area contributed by atoms with Crippen LogP contribution in [0.15, 0.2) is 24.3 Å². The number of nitriles is 1. The van der Waals surface area contributed by atoms with Gasteiger partial charge in [0, 0.05) is 0 Å². The van der Waals surface area contributed by atoms with Crippen LogP contribution in [0.3, 0.4) is 0 Å². The van der Waals surface area contributed by atoms with Crippen molar-refractivity contribution in [2.45, 2.75) is 13.0 Å². The van der Waals surface area contributed by atoms with E-state index in [0.29, 0.717) is 12.2 Å². The van der Waals surface area contributed by atoms with Gasteiger partial charge in [-0.05, 0) is 22.9 Å². The lowest BCUT2D eigenvalue weighted by atomic mass is 10.2. The Morgan fingerprint density at radius 2 is 2.12 bits per heavy atom. The summed E-state index contributed by atoms with van der Waals surface area (Å²) in [5.74, 6) is 1.26. The summed E-state index contributed by atoms with van der Waals surface area (Å²) in [6.07, 6.45) is 0.409. The van der Waals surface area contributed by atoms with Gasteiger partial charge in [0.25, 0.3) is 0 Å². The Morgan fingerprint density at radius 3 is 2.71 bits per heavy atom. The van der Waals surface area contributed by atoms with Crippen molar-refractivity contribution in [3.63, 3.8) is 0 Å². The van der Waals surface area contributed by atoms with Gasteiger partial charge >= 0.3 is 0 Å². The third-order valence-corrected chi connectivity index (χ3v) is 2.12. The lowest BCUT2D eigenvalue weighted by molar-refractivity contribution is 0.295. The van der Waals surface area contributed by atoms with Gasteiger partial charge in [-0.3, -0.25) is 0 Å². The summed E-state index contributed by atoms with van der Waals surface area (Å²) >= 11 is 0. The summed E-state index contributed by atoms with van der Waals surface area (Å²) in [5, 5.41) is 20.1. The average Bonchev–Trinajstić information content (AvgIpc) is 2.75. The van der Waals surface area contributed by atoms with Gasteiger partial charge in [-0.2, -0.15) is 10.1 Å². The molecule has 0 N–H and O–H groups in total. The van der Waals surface area contributed by atoms with E-state index in [-0.39, 0.29) is 6.61 Å². The molecule has 0 amide bonds. The number of tetrazole rings is 1. The van der Waals surface area contributed by atoms with Crippen LogP contribution in [-0.2, 0) is 20.1 Å². The van der Waals surface area contributed by atoms with E-state index in [1.54, 1.807) is 7.05 Å². The predicted octanol–water partition coefficient (Wildman–Crippen LogP) is 0.855. The lowest BCUT2D eigenvalue weighted by Crippen LogP contribution is -1.99. The Labute approximate surface area is 98.4 Å². The maximum Gasteiger partial charge on any atom is 0.212 e. The van der Waals surface area contributed by atoms with Gasteiger partial charge in [0.15, 0.2) is 6.61 Å². The monoisotopic (exact) mass is 229 g/mol. The molecule has 0 spiro atoms. The highest BCUT2D eigenvalue weighted by atomic mass is 16.5. The molecule has 0 saturated carbocycles. The van der Waals surface area contributed by atoms with Crippen molar-refractivity contribution in [2.24, 2.45) is 7.05 Å². The molecule has 0 fully saturated rings. The lowest BCUT2D eigenvalue weighted by Gasteiger charge is -2.03. The topological polar surface area (TPSA) is 76.6 Å². The van der Waals surface area contributed by atoms with Crippen LogP contribution in [0, 0.1) is 11.3 Å². The molecule has 0 atom stereocenters. The van der Waals surface area contributed by atoms with Crippen molar-refractivity contribution in [3.8, 4) is 11.8 Å². The van der Waals surface area contributed by atoms with Crippen LogP contribution in [0.1, 0.15) is 11.4 Å². The smallest absolute Gasteiger partial charge is 0.212 e. The van der Waals surface area contributed by atoms with E-state index in [1.165, 1.54) is 4.80 Å². The van der Waals surface area contributed by atoms with E-state index in [2.05, 4.69) is 21.5 Å². The van der Waals surface area contributed by atoms with Gasteiger partial charge in [0.1, 0.15) is 5.75 Å². The zero-order chi connectivity index (χ0) is 12.1. The van der Waals surface area contributed by atoms with E-state index < -0.39 is 0 Å². The third-order valence-electron chi connectivity index (χ3n) is 2.12. The average molecular weight is 229 g/mol. The van der Waals surface area contributed by atoms with E-state index in [9.17, 15) is 0 Å². The fourth-order valence-corrected chi connectivity index (χ4v) is 1.32. The largest absolute Gasteiger partial charge is 0.485 e. The molecule has 86 valence electrons. The number of hydrogen-bond donors (Lipinski definition) is 0. The number of rotatable bonds is 4. The molecule has 0 bridgehead atoms. The molecular formula is C11H11N5O. The summed E-state index contributed by atoms with van der Waals surface area (Å²) in [6, 6.07) is 9.46. The molecule has 1 heterocycles. The molecular weight excluding hydrogens is 218 g/mol. The molecule has 0 radical (unpaired) electrons. The Bertz CT molecular complexity index is 526. The first kappa shape index (κ1) is 11.1. The number of ether oxygens (including phenoxy) is 1. The Balaban J connectivity index is 1.93. The van der Waals surface area contributed by atoms with Crippen molar-refractivity contribution in [2.75, 3.05) is 0 Å². The molecule has 0 aliphatic carbocycles. The Morgan fingerprint density at radius 1 is 1.35 bits per heavy atom. The second-order valence-corrected chi connectivity index (χ2v) is 3.46. The quantitative estimate of drug-likeness (QED) is 0.776. The molecule has 0 aliphatic heterocycles. The molecule has 1 aromatic carbocycles. The molecule has 2 aromatic rings. The second-order valence-electron chi connectivity index (χ2n) is 3.46. The third kappa shape index (κ3) is 3.01. The van der Waals surface area contributed by atoms with E-state index >= 15 is 0 Å². The minimum Gasteiger partial charge on any atom is -0.485 e. The molecule has 17 heavy (non-hydrogen) atoms. The van der Waals surface area contributed by atoms with Crippen molar-refractivity contribution in [1.29, 1.82) is 5.26 Å². The van der Waals surface area contributed by atoms with E-state index in [1.807, 2.05) is 24.3 Å². The van der Waals surface area contributed by atoms with Gasteiger partial charge in [-0.15, -0.1) is 10.2 Å². The van der Waals surface area contributed by atoms with Crippen LogP contribution in [0.25, 0.3) is 0 Å². The molecule has 2 rings (SSSR count). The van der Waals surface area contributed by atoms with Crippen molar-refractivity contribution in [1.82, 2.24) is 20.2 Å². The molecule has 6 nitrogen and oxygen atoms in total. The highest BCUT2D eigenvalue weighted by Crippen LogP contribution is 2.13. The van der Waals surface area contributed by atoms with E-state index in [0.717, 1.165) is 11.3 Å². The van der Waals surface area contributed by atoms with Gasteiger partial charge in [0.2, 0.25) is 5.82 Å². The van der Waals surface area contributed by atoms with Crippen LogP contribution >= 0.6 is 0 Å². The molecule has 0 aliphatic rings. The first-order valence-electron chi connectivity index (χ1n) is 5.09. The number of benzene rings is 1.